The van der Waals surface area contributed by atoms with Crippen LogP contribution in [0.3, 0.4) is 0 Å². The first kappa shape index (κ1) is 17.5. The fraction of sp³-hybridized carbons (Fsp3) is 0.267. The number of nitrogens with zero attached hydrogens (tertiary/aromatic N) is 1. The zero-order valence-electron chi connectivity index (χ0n) is 12.1. The van der Waals surface area contributed by atoms with E-state index in [9.17, 15) is 9.59 Å². The van der Waals surface area contributed by atoms with E-state index < -0.39 is 5.97 Å². The zero-order chi connectivity index (χ0) is 16.8. The molecule has 0 atom stereocenters. The van der Waals surface area contributed by atoms with E-state index in [1.807, 2.05) is 6.07 Å². The molecule has 1 aliphatic rings. The van der Waals surface area contributed by atoms with Gasteiger partial charge in [0, 0.05) is 0 Å². The highest BCUT2D eigenvalue weighted by Crippen LogP contribution is 2.32. The van der Waals surface area contributed by atoms with Gasteiger partial charge in [-0.15, -0.1) is 0 Å². The van der Waals surface area contributed by atoms with Crippen molar-refractivity contribution in [2.45, 2.75) is 6.42 Å². The number of carboxylic acids is 1. The minimum Gasteiger partial charge on any atom is -0.493 e. The van der Waals surface area contributed by atoms with Crippen LogP contribution in [0.4, 0.5) is 0 Å². The third-order valence-electron chi connectivity index (χ3n) is 2.94. The first-order chi connectivity index (χ1) is 11.0. The van der Waals surface area contributed by atoms with Gasteiger partial charge < -0.3 is 14.9 Å². The molecule has 1 aliphatic heterocycles. The summed E-state index contributed by atoms with van der Waals surface area (Å²) >= 11 is 6.30. The maximum Gasteiger partial charge on any atom is 0.306 e. The lowest BCUT2D eigenvalue weighted by molar-refractivity contribution is -0.137. The second-order valence-corrected chi connectivity index (χ2v) is 6.30. The number of carbonyl (C=O) groups excluding carboxylic acids is 1. The van der Waals surface area contributed by atoms with Crippen LogP contribution in [0, 0.1) is 0 Å². The maximum atomic E-state index is 12.2. The molecule has 2 N–H and O–H groups in total. The van der Waals surface area contributed by atoms with Crippen molar-refractivity contribution in [3.63, 3.8) is 0 Å². The molecule has 122 valence electrons. The molecule has 2 rings (SSSR count). The third kappa shape index (κ3) is 4.78. The number of rotatable bonds is 7. The Morgan fingerprint density at radius 3 is 2.91 bits per heavy atom. The van der Waals surface area contributed by atoms with Crippen molar-refractivity contribution >= 4 is 46.3 Å². The van der Waals surface area contributed by atoms with Gasteiger partial charge in [-0.2, -0.15) is 0 Å². The number of aliphatic carboxylic acids is 1. The number of ether oxygens (including phenoxy) is 1. The predicted octanol–water partition coefficient (Wildman–Crippen LogP) is 1.73. The molecule has 0 aromatic heterocycles. The third-order valence-corrected chi connectivity index (χ3v) is 4.32. The molecule has 0 unspecified atom stereocenters. The molecule has 0 bridgehead atoms. The molecule has 0 saturated carbocycles. The molecule has 0 radical (unpaired) electrons. The summed E-state index contributed by atoms with van der Waals surface area (Å²) in [4.78, 5) is 24.5. The van der Waals surface area contributed by atoms with E-state index in [0.717, 1.165) is 5.56 Å². The first-order valence-corrected chi connectivity index (χ1v) is 8.04. The number of carboxylic acid groups (broad SMARTS) is 1. The summed E-state index contributed by atoms with van der Waals surface area (Å²) in [5, 5.41) is 17.5. The molecule has 1 aromatic carbocycles. The average molecular weight is 353 g/mol. The fourth-order valence-corrected chi connectivity index (χ4v) is 3.20. The lowest BCUT2D eigenvalue weighted by Crippen LogP contribution is -2.30. The van der Waals surface area contributed by atoms with Gasteiger partial charge in [0.2, 0.25) is 0 Å². The van der Waals surface area contributed by atoms with Gasteiger partial charge in [0.15, 0.2) is 0 Å². The summed E-state index contributed by atoms with van der Waals surface area (Å²) in [7, 11) is 0. The SMILES string of the molecule is O=C(O)CCOc1cccc(/C=C2\SC(=S)N(CCO)C2=O)c1. The van der Waals surface area contributed by atoms with Crippen molar-refractivity contribution in [2.75, 3.05) is 19.8 Å². The van der Waals surface area contributed by atoms with Crippen LogP contribution in [0.25, 0.3) is 6.08 Å². The summed E-state index contributed by atoms with van der Waals surface area (Å²) in [5.41, 5.74) is 0.752. The van der Waals surface area contributed by atoms with Crippen molar-refractivity contribution in [1.29, 1.82) is 0 Å². The molecular weight excluding hydrogens is 338 g/mol. The molecular formula is C15H15NO5S2. The molecule has 0 aliphatic carbocycles. The highest BCUT2D eigenvalue weighted by atomic mass is 32.2. The number of carbonyl (C=O) groups is 2. The van der Waals surface area contributed by atoms with Crippen LogP contribution >= 0.6 is 24.0 Å². The van der Waals surface area contributed by atoms with Gasteiger partial charge in [0.1, 0.15) is 10.1 Å². The Bertz CT molecular complexity index is 659. The fourth-order valence-electron chi connectivity index (χ4n) is 1.89. The zero-order valence-corrected chi connectivity index (χ0v) is 13.7. The van der Waals surface area contributed by atoms with Crippen LogP contribution in [-0.2, 0) is 9.59 Å². The molecule has 23 heavy (non-hydrogen) atoms. The monoisotopic (exact) mass is 353 g/mol. The summed E-state index contributed by atoms with van der Waals surface area (Å²) in [6.07, 6.45) is 1.62. The quantitative estimate of drug-likeness (QED) is 0.570. The largest absolute Gasteiger partial charge is 0.493 e. The normalized spacial score (nSPS) is 16.2. The van der Waals surface area contributed by atoms with Gasteiger partial charge in [0.05, 0.1) is 31.1 Å². The summed E-state index contributed by atoms with van der Waals surface area (Å²) in [6.45, 7) is 0.115. The average Bonchev–Trinajstić information content (AvgIpc) is 2.75. The Hall–Kier alpha value is -1.90. The Balaban J connectivity index is 2.09. The Morgan fingerprint density at radius 2 is 2.22 bits per heavy atom. The Labute approximate surface area is 142 Å². The molecule has 1 aromatic rings. The van der Waals surface area contributed by atoms with Crippen LogP contribution in [0.15, 0.2) is 29.2 Å². The standard InChI is InChI=1S/C15H15NO5S2/c17-6-5-16-14(20)12(23-15(16)22)9-10-2-1-3-11(8-10)21-7-4-13(18)19/h1-3,8-9,17H,4-7H2,(H,18,19)/b12-9-. The molecule has 1 fully saturated rings. The van der Waals surface area contributed by atoms with Crippen molar-refractivity contribution in [2.24, 2.45) is 0 Å². The van der Waals surface area contributed by atoms with Gasteiger partial charge >= 0.3 is 5.97 Å². The first-order valence-electron chi connectivity index (χ1n) is 6.82. The Morgan fingerprint density at radius 1 is 1.43 bits per heavy atom. The number of benzene rings is 1. The van der Waals surface area contributed by atoms with Crippen LogP contribution in [0.5, 0.6) is 5.75 Å². The number of thiocarbonyl (C=S) groups is 1. The van der Waals surface area contributed by atoms with Gasteiger partial charge in [-0.25, -0.2) is 0 Å². The molecule has 1 saturated heterocycles. The van der Waals surface area contributed by atoms with Crippen LogP contribution < -0.4 is 4.74 Å². The number of β-amino-alcohol motifs (C(OH)–C–C–N with tert-alkyl or cyclic N) is 1. The number of hydrogen-bond donors (Lipinski definition) is 2. The minimum atomic E-state index is -0.922. The van der Waals surface area contributed by atoms with Gasteiger partial charge in [-0.1, -0.05) is 36.1 Å². The van der Waals surface area contributed by atoms with Gasteiger partial charge in [0.25, 0.3) is 5.91 Å². The van der Waals surface area contributed by atoms with Crippen molar-refractivity contribution in [3.8, 4) is 5.75 Å². The van der Waals surface area contributed by atoms with Crippen molar-refractivity contribution in [3.05, 3.63) is 34.7 Å². The van der Waals surface area contributed by atoms with Crippen LogP contribution in [0.2, 0.25) is 0 Å². The van der Waals surface area contributed by atoms with Crippen LogP contribution in [0.1, 0.15) is 12.0 Å². The molecule has 1 amide bonds. The summed E-state index contributed by atoms with van der Waals surface area (Å²) in [5.74, 6) is -0.620. The summed E-state index contributed by atoms with van der Waals surface area (Å²) in [6, 6.07) is 7.01. The summed E-state index contributed by atoms with van der Waals surface area (Å²) < 4.78 is 5.78. The minimum absolute atomic E-state index is 0.0793. The molecule has 6 nitrogen and oxygen atoms in total. The van der Waals surface area contributed by atoms with Gasteiger partial charge in [-0.05, 0) is 23.8 Å². The second-order valence-electron chi connectivity index (χ2n) is 4.62. The maximum absolute atomic E-state index is 12.2. The van der Waals surface area contributed by atoms with Crippen LogP contribution in [-0.4, -0.2) is 51.1 Å². The lowest BCUT2D eigenvalue weighted by atomic mass is 10.2. The molecule has 0 spiro atoms. The van der Waals surface area contributed by atoms with E-state index in [2.05, 4.69) is 0 Å². The van der Waals surface area contributed by atoms with E-state index in [1.165, 1.54) is 16.7 Å². The molecule has 1 heterocycles. The molecule has 8 heteroatoms. The van der Waals surface area contributed by atoms with E-state index in [0.29, 0.717) is 15.0 Å². The topological polar surface area (TPSA) is 87.1 Å². The van der Waals surface area contributed by atoms with E-state index >= 15 is 0 Å². The van der Waals surface area contributed by atoms with Crippen molar-refractivity contribution < 1.29 is 24.5 Å². The highest BCUT2D eigenvalue weighted by molar-refractivity contribution is 8.26. The number of thioether (sulfide) groups is 1. The number of amides is 1. The van der Waals surface area contributed by atoms with E-state index in [4.69, 9.17) is 27.2 Å². The predicted molar refractivity (Wildman–Crippen MR) is 91.2 cm³/mol. The number of aliphatic hydroxyl groups excluding tert-OH is 1. The van der Waals surface area contributed by atoms with E-state index in [1.54, 1.807) is 24.3 Å². The second kappa shape index (κ2) is 8.09. The highest BCUT2D eigenvalue weighted by Gasteiger charge is 2.31. The van der Waals surface area contributed by atoms with Crippen molar-refractivity contribution in [1.82, 2.24) is 4.90 Å². The number of aliphatic hydroxyl groups is 1. The Kier molecular flexibility index (Phi) is 6.14. The smallest absolute Gasteiger partial charge is 0.306 e. The van der Waals surface area contributed by atoms with Gasteiger partial charge in [-0.3, -0.25) is 14.5 Å². The van der Waals surface area contributed by atoms with E-state index in [-0.39, 0.29) is 32.1 Å². The lowest BCUT2D eigenvalue weighted by Gasteiger charge is -2.11. The number of hydrogen-bond acceptors (Lipinski definition) is 6.